The van der Waals surface area contributed by atoms with Crippen LogP contribution in [0, 0.1) is 0 Å². The summed E-state index contributed by atoms with van der Waals surface area (Å²) in [5, 5.41) is 2.92. The van der Waals surface area contributed by atoms with Gasteiger partial charge in [-0.2, -0.15) is 0 Å². The van der Waals surface area contributed by atoms with Gasteiger partial charge in [-0.05, 0) is 26.9 Å². The molecule has 1 N–H and O–H groups in total. The Morgan fingerprint density at radius 2 is 2.17 bits per heavy atom. The second-order valence-electron chi connectivity index (χ2n) is 3.54. The van der Waals surface area contributed by atoms with E-state index in [1.165, 1.54) is 6.92 Å². The summed E-state index contributed by atoms with van der Waals surface area (Å²) in [6.07, 6.45) is -1.27. The summed E-state index contributed by atoms with van der Waals surface area (Å²) in [4.78, 5) is 2.15. The fourth-order valence-corrected chi connectivity index (χ4v) is 1.52. The molecule has 1 aliphatic rings. The van der Waals surface area contributed by atoms with Crippen LogP contribution in [0.4, 0.5) is 8.78 Å². The van der Waals surface area contributed by atoms with Crippen molar-refractivity contribution in [2.45, 2.75) is 31.9 Å². The van der Waals surface area contributed by atoms with Crippen molar-refractivity contribution in [3.05, 3.63) is 0 Å². The Balaban J connectivity index is 2.23. The molecule has 0 bridgehead atoms. The monoisotopic (exact) mass is 178 g/mol. The van der Waals surface area contributed by atoms with Crippen molar-refractivity contribution in [3.8, 4) is 0 Å². The number of likely N-dealkylation sites (tertiary alicyclic amines) is 1. The molecule has 0 radical (unpaired) electrons. The quantitative estimate of drug-likeness (QED) is 0.691. The van der Waals surface area contributed by atoms with Crippen molar-refractivity contribution in [2.75, 3.05) is 20.1 Å². The second kappa shape index (κ2) is 4.14. The van der Waals surface area contributed by atoms with E-state index in [1.807, 2.05) is 7.05 Å². The number of rotatable bonds is 3. The third-order valence-corrected chi connectivity index (χ3v) is 2.27. The van der Waals surface area contributed by atoms with E-state index in [-0.39, 0.29) is 6.04 Å². The lowest BCUT2D eigenvalue weighted by Crippen LogP contribution is -2.41. The van der Waals surface area contributed by atoms with E-state index in [2.05, 4.69) is 10.2 Å². The highest BCUT2D eigenvalue weighted by Crippen LogP contribution is 2.09. The zero-order valence-electron chi connectivity index (χ0n) is 7.56. The zero-order valence-corrected chi connectivity index (χ0v) is 7.56. The summed E-state index contributed by atoms with van der Waals surface area (Å²) >= 11 is 0. The molecule has 12 heavy (non-hydrogen) atoms. The lowest BCUT2D eigenvalue weighted by atomic mass is 10.2. The summed E-state index contributed by atoms with van der Waals surface area (Å²) in [6.45, 7) is 3.42. The number of halogens is 2. The number of nitrogens with one attached hydrogen (secondary N) is 1. The molecule has 1 rings (SSSR count). The number of alkyl halides is 2. The van der Waals surface area contributed by atoms with Gasteiger partial charge in [-0.15, -0.1) is 0 Å². The number of nitrogens with zero attached hydrogens (tertiary/aromatic N) is 1. The molecule has 1 heterocycles. The molecule has 0 amide bonds. The molecule has 4 heteroatoms. The van der Waals surface area contributed by atoms with Crippen molar-refractivity contribution in [2.24, 2.45) is 0 Å². The molecule has 0 spiro atoms. The van der Waals surface area contributed by atoms with Crippen molar-refractivity contribution in [1.82, 2.24) is 10.2 Å². The Kier molecular flexibility index (Phi) is 3.40. The van der Waals surface area contributed by atoms with Crippen molar-refractivity contribution in [1.29, 1.82) is 0 Å². The normalized spacial score (nSPS) is 28.2. The van der Waals surface area contributed by atoms with E-state index in [9.17, 15) is 8.78 Å². The smallest absolute Gasteiger partial charge is 0.253 e. The first-order chi connectivity index (χ1) is 5.59. The van der Waals surface area contributed by atoms with Crippen molar-refractivity contribution >= 4 is 0 Å². The average Bonchev–Trinajstić information content (AvgIpc) is 2.35. The predicted octanol–water partition coefficient (Wildman–Crippen LogP) is 0.934. The summed E-state index contributed by atoms with van der Waals surface area (Å²) < 4.78 is 24.2. The van der Waals surface area contributed by atoms with Crippen LogP contribution in [0.1, 0.15) is 13.3 Å². The molecule has 72 valence electrons. The SMILES string of the molecule is CC(NC1CCN(C)C1)C(F)F. The van der Waals surface area contributed by atoms with E-state index in [0.717, 1.165) is 19.5 Å². The number of hydrogen-bond acceptors (Lipinski definition) is 2. The van der Waals surface area contributed by atoms with Gasteiger partial charge in [-0.3, -0.25) is 0 Å². The highest BCUT2D eigenvalue weighted by atomic mass is 19.3. The van der Waals surface area contributed by atoms with Crippen LogP contribution >= 0.6 is 0 Å². The highest BCUT2D eigenvalue weighted by molar-refractivity contribution is 4.81. The van der Waals surface area contributed by atoms with Crippen LogP contribution in [-0.2, 0) is 0 Å². The maximum atomic E-state index is 12.1. The molecule has 2 atom stereocenters. The average molecular weight is 178 g/mol. The summed E-state index contributed by atoms with van der Waals surface area (Å²) in [6, 6.07) is -0.430. The standard InChI is InChI=1S/C8H16F2N2/c1-6(8(9)10)11-7-3-4-12(2)5-7/h6-8,11H,3-5H2,1-2H3. The Morgan fingerprint density at radius 1 is 1.50 bits per heavy atom. The Bertz CT molecular complexity index is 141. The maximum Gasteiger partial charge on any atom is 0.253 e. The minimum absolute atomic E-state index is 0.249. The lowest BCUT2D eigenvalue weighted by molar-refractivity contribution is 0.100. The summed E-state index contributed by atoms with van der Waals surface area (Å²) in [5.74, 6) is 0. The van der Waals surface area contributed by atoms with Crippen LogP contribution in [0.5, 0.6) is 0 Å². The minimum Gasteiger partial charge on any atom is -0.305 e. The number of hydrogen-bond donors (Lipinski definition) is 1. The fraction of sp³-hybridized carbons (Fsp3) is 1.00. The van der Waals surface area contributed by atoms with Gasteiger partial charge in [0.25, 0.3) is 6.43 Å². The Labute approximate surface area is 71.9 Å². The molecular weight excluding hydrogens is 162 g/mol. The predicted molar refractivity (Wildman–Crippen MR) is 44.5 cm³/mol. The second-order valence-corrected chi connectivity index (χ2v) is 3.54. The van der Waals surface area contributed by atoms with Crippen LogP contribution in [0.3, 0.4) is 0 Å². The molecule has 1 fully saturated rings. The first kappa shape index (κ1) is 9.86. The van der Waals surface area contributed by atoms with E-state index < -0.39 is 12.5 Å². The van der Waals surface area contributed by atoms with E-state index >= 15 is 0 Å². The Hall–Kier alpha value is -0.220. The lowest BCUT2D eigenvalue weighted by Gasteiger charge is -2.18. The third-order valence-electron chi connectivity index (χ3n) is 2.27. The van der Waals surface area contributed by atoms with Crippen LogP contribution in [-0.4, -0.2) is 43.5 Å². The van der Waals surface area contributed by atoms with Gasteiger partial charge in [0.05, 0.1) is 6.04 Å². The molecule has 0 saturated carbocycles. The molecule has 1 saturated heterocycles. The van der Waals surface area contributed by atoms with Gasteiger partial charge in [-0.25, -0.2) is 8.78 Å². The van der Waals surface area contributed by atoms with Gasteiger partial charge >= 0.3 is 0 Å². The molecule has 2 unspecified atom stereocenters. The van der Waals surface area contributed by atoms with Gasteiger partial charge in [0.15, 0.2) is 0 Å². The van der Waals surface area contributed by atoms with Gasteiger partial charge in [0.1, 0.15) is 0 Å². The van der Waals surface area contributed by atoms with E-state index in [4.69, 9.17) is 0 Å². The van der Waals surface area contributed by atoms with Crippen molar-refractivity contribution in [3.63, 3.8) is 0 Å². The Morgan fingerprint density at radius 3 is 2.58 bits per heavy atom. The van der Waals surface area contributed by atoms with Crippen molar-refractivity contribution < 1.29 is 8.78 Å². The molecule has 0 aliphatic carbocycles. The minimum atomic E-state index is -2.25. The van der Waals surface area contributed by atoms with Gasteiger partial charge in [-0.1, -0.05) is 0 Å². The molecule has 1 aliphatic heterocycles. The molecule has 0 aromatic heterocycles. The van der Waals surface area contributed by atoms with E-state index in [0.29, 0.717) is 0 Å². The molecule has 2 nitrogen and oxygen atoms in total. The maximum absolute atomic E-state index is 12.1. The van der Waals surface area contributed by atoms with Crippen LogP contribution < -0.4 is 5.32 Å². The first-order valence-corrected chi connectivity index (χ1v) is 4.32. The van der Waals surface area contributed by atoms with Gasteiger partial charge < -0.3 is 10.2 Å². The largest absolute Gasteiger partial charge is 0.305 e. The number of likely N-dealkylation sites (N-methyl/N-ethyl adjacent to an activating group) is 1. The third kappa shape index (κ3) is 2.68. The highest BCUT2D eigenvalue weighted by Gasteiger charge is 2.23. The summed E-state index contributed by atoms with van der Waals surface area (Å²) in [7, 11) is 2.01. The van der Waals surface area contributed by atoms with Gasteiger partial charge in [0.2, 0.25) is 0 Å². The molecule has 0 aromatic rings. The van der Waals surface area contributed by atoms with E-state index in [1.54, 1.807) is 0 Å². The van der Waals surface area contributed by atoms with Gasteiger partial charge in [0, 0.05) is 12.6 Å². The zero-order chi connectivity index (χ0) is 9.14. The topological polar surface area (TPSA) is 15.3 Å². The van der Waals surface area contributed by atoms with Crippen LogP contribution in [0.15, 0.2) is 0 Å². The van der Waals surface area contributed by atoms with Crippen LogP contribution in [0.25, 0.3) is 0 Å². The molecular formula is C8H16F2N2. The van der Waals surface area contributed by atoms with Crippen LogP contribution in [0.2, 0.25) is 0 Å². The molecule has 0 aromatic carbocycles. The fourth-order valence-electron chi connectivity index (χ4n) is 1.52. The summed E-state index contributed by atoms with van der Waals surface area (Å²) in [5.41, 5.74) is 0. The first-order valence-electron chi connectivity index (χ1n) is 4.32.